The quantitative estimate of drug-likeness (QED) is 0.624. The summed E-state index contributed by atoms with van der Waals surface area (Å²) in [4.78, 5) is 2.67. The van der Waals surface area contributed by atoms with Crippen LogP contribution in [0.5, 0.6) is 0 Å². The first-order valence-corrected chi connectivity index (χ1v) is 10.2. The van der Waals surface area contributed by atoms with Gasteiger partial charge in [0, 0.05) is 23.6 Å². The topological polar surface area (TPSA) is 7.12 Å². The van der Waals surface area contributed by atoms with Crippen LogP contribution in [-0.2, 0) is 0 Å². The van der Waals surface area contributed by atoms with Crippen molar-refractivity contribution in [3.63, 3.8) is 0 Å². The molecule has 0 radical (unpaired) electrons. The SMILES string of the molecule is CCN(CC)C1C(c2ccccc2)C2c3ccccc3C1[n+]1ccccc12. The van der Waals surface area contributed by atoms with E-state index in [-0.39, 0.29) is 0 Å². The molecule has 3 aliphatic rings. The first kappa shape index (κ1) is 16.7. The number of nitrogens with zero attached hydrogens (tertiary/aromatic N) is 2. The number of likely N-dealkylation sites (N-methyl/N-ethyl adjacent to an activating group) is 1. The van der Waals surface area contributed by atoms with Gasteiger partial charge in [-0.1, -0.05) is 74.5 Å². The molecule has 2 heteroatoms. The van der Waals surface area contributed by atoms with E-state index in [1.165, 1.54) is 22.4 Å². The molecular weight excluding hydrogens is 328 g/mol. The standard InChI is InChI=1S/C25H27N2/c1-3-26(4-2)25-22(18-12-6-5-7-13-18)23-19-14-8-9-15-20(19)24(25)27-17-11-10-16-21(23)27/h5-17,22-25H,3-4H2,1-2H3/q+1. The van der Waals surface area contributed by atoms with Crippen molar-refractivity contribution < 1.29 is 4.57 Å². The Hall–Kier alpha value is -2.45. The largest absolute Gasteiger partial charge is 0.294 e. The Labute approximate surface area is 162 Å². The molecule has 1 aliphatic carbocycles. The molecular formula is C25H27N2+. The van der Waals surface area contributed by atoms with Crippen LogP contribution in [0.3, 0.4) is 0 Å². The minimum Gasteiger partial charge on any atom is -0.294 e. The molecule has 3 aromatic rings. The average molecular weight is 356 g/mol. The van der Waals surface area contributed by atoms with E-state index in [0.29, 0.717) is 23.9 Å². The van der Waals surface area contributed by atoms with Crippen LogP contribution in [0.25, 0.3) is 0 Å². The highest BCUT2D eigenvalue weighted by atomic mass is 15.2. The minimum absolute atomic E-state index is 0.368. The molecule has 136 valence electrons. The highest BCUT2D eigenvalue weighted by molar-refractivity contribution is 5.47. The molecule has 0 N–H and O–H groups in total. The molecule has 2 nitrogen and oxygen atoms in total. The molecule has 0 saturated heterocycles. The molecule has 2 bridgehead atoms. The van der Waals surface area contributed by atoms with E-state index < -0.39 is 0 Å². The molecule has 27 heavy (non-hydrogen) atoms. The van der Waals surface area contributed by atoms with Gasteiger partial charge in [-0.05, 0) is 24.2 Å². The van der Waals surface area contributed by atoms with E-state index in [9.17, 15) is 0 Å². The third-order valence-corrected chi connectivity index (χ3v) is 6.66. The van der Waals surface area contributed by atoms with Crippen molar-refractivity contribution in [3.8, 4) is 0 Å². The van der Waals surface area contributed by atoms with E-state index in [2.05, 4.69) is 102 Å². The highest BCUT2D eigenvalue weighted by Crippen LogP contribution is 2.54. The zero-order chi connectivity index (χ0) is 18.4. The second-order valence-corrected chi connectivity index (χ2v) is 7.73. The van der Waals surface area contributed by atoms with Crippen LogP contribution in [0.1, 0.15) is 54.1 Å². The minimum atomic E-state index is 0.368. The zero-order valence-electron chi connectivity index (χ0n) is 16.1. The molecule has 6 rings (SSSR count). The molecule has 0 saturated carbocycles. The van der Waals surface area contributed by atoms with Gasteiger partial charge in [0.25, 0.3) is 0 Å². The van der Waals surface area contributed by atoms with Crippen molar-refractivity contribution in [2.45, 2.75) is 37.8 Å². The van der Waals surface area contributed by atoms with Crippen LogP contribution >= 0.6 is 0 Å². The third-order valence-electron chi connectivity index (χ3n) is 6.66. The molecule has 0 spiro atoms. The van der Waals surface area contributed by atoms with Gasteiger partial charge in [0.1, 0.15) is 0 Å². The van der Waals surface area contributed by atoms with Crippen LogP contribution < -0.4 is 4.57 Å². The van der Waals surface area contributed by atoms with Gasteiger partial charge in [0.05, 0.1) is 12.0 Å². The van der Waals surface area contributed by atoms with Gasteiger partial charge >= 0.3 is 0 Å². The second-order valence-electron chi connectivity index (χ2n) is 7.73. The summed E-state index contributed by atoms with van der Waals surface area (Å²) in [5.41, 5.74) is 5.95. The number of benzene rings is 2. The fourth-order valence-electron chi connectivity index (χ4n) is 5.62. The third kappa shape index (κ3) is 2.40. The second kappa shape index (κ2) is 6.61. The van der Waals surface area contributed by atoms with Gasteiger partial charge in [-0.25, -0.2) is 0 Å². The summed E-state index contributed by atoms with van der Waals surface area (Å²) in [6.45, 7) is 6.77. The fraction of sp³-hybridized carbons (Fsp3) is 0.320. The predicted octanol–water partition coefficient (Wildman–Crippen LogP) is 4.52. The normalized spacial score (nSPS) is 25.3. The van der Waals surface area contributed by atoms with Crippen LogP contribution in [0.15, 0.2) is 79.0 Å². The summed E-state index contributed by atoms with van der Waals surface area (Å²) in [6.07, 6.45) is 2.29. The summed E-state index contributed by atoms with van der Waals surface area (Å²) >= 11 is 0. The summed E-state index contributed by atoms with van der Waals surface area (Å²) in [5, 5.41) is 0. The zero-order valence-corrected chi connectivity index (χ0v) is 16.1. The van der Waals surface area contributed by atoms with E-state index in [1.807, 2.05) is 0 Å². The van der Waals surface area contributed by atoms with E-state index in [4.69, 9.17) is 0 Å². The maximum absolute atomic E-state index is 2.67. The lowest BCUT2D eigenvalue weighted by Gasteiger charge is -2.49. The van der Waals surface area contributed by atoms with Gasteiger partial charge in [0.15, 0.2) is 17.9 Å². The van der Waals surface area contributed by atoms with Crippen molar-refractivity contribution in [1.29, 1.82) is 0 Å². The molecule has 4 atom stereocenters. The first-order chi connectivity index (χ1) is 13.3. The molecule has 2 aliphatic heterocycles. The number of aromatic nitrogens is 1. The van der Waals surface area contributed by atoms with E-state index in [0.717, 1.165) is 13.1 Å². The Kier molecular flexibility index (Phi) is 4.09. The molecule has 2 aromatic carbocycles. The fourth-order valence-corrected chi connectivity index (χ4v) is 5.62. The lowest BCUT2D eigenvalue weighted by Crippen LogP contribution is -2.64. The molecule has 3 heterocycles. The summed E-state index contributed by atoms with van der Waals surface area (Å²) in [7, 11) is 0. The van der Waals surface area contributed by atoms with Gasteiger partial charge in [-0.2, -0.15) is 4.57 Å². The number of pyridine rings is 1. The van der Waals surface area contributed by atoms with Crippen LogP contribution in [-0.4, -0.2) is 24.0 Å². The smallest absolute Gasteiger partial charge is 0.200 e. The van der Waals surface area contributed by atoms with Crippen LogP contribution in [0, 0.1) is 0 Å². The van der Waals surface area contributed by atoms with E-state index >= 15 is 0 Å². The monoisotopic (exact) mass is 355 g/mol. The Morgan fingerprint density at radius 2 is 1.44 bits per heavy atom. The molecule has 0 fully saturated rings. The highest BCUT2D eigenvalue weighted by Gasteiger charge is 2.57. The first-order valence-electron chi connectivity index (χ1n) is 10.2. The van der Waals surface area contributed by atoms with E-state index in [1.54, 1.807) is 0 Å². The van der Waals surface area contributed by atoms with Crippen molar-refractivity contribution >= 4 is 0 Å². The molecule has 4 unspecified atom stereocenters. The predicted molar refractivity (Wildman–Crippen MR) is 109 cm³/mol. The summed E-state index contributed by atoms with van der Waals surface area (Å²) < 4.78 is 2.55. The maximum Gasteiger partial charge on any atom is 0.200 e. The number of fused-ring (bicyclic) bond motifs is 1. The maximum atomic E-state index is 2.67. The van der Waals surface area contributed by atoms with Gasteiger partial charge < -0.3 is 0 Å². The average Bonchev–Trinajstić information content (AvgIpc) is 2.75. The van der Waals surface area contributed by atoms with Gasteiger partial charge in [-0.3, -0.25) is 4.90 Å². The van der Waals surface area contributed by atoms with Crippen molar-refractivity contribution in [2.24, 2.45) is 0 Å². The Bertz CT molecular complexity index is 898. The lowest BCUT2D eigenvalue weighted by molar-refractivity contribution is -0.736. The number of rotatable bonds is 4. The van der Waals surface area contributed by atoms with Crippen LogP contribution in [0.2, 0.25) is 0 Å². The van der Waals surface area contributed by atoms with Crippen molar-refractivity contribution in [3.05, 3.63) is 101 Å². The van der Waals surface area contributed by atoms with Crippen LogP contribution in [0.4, 0.5) is 0 Å². The van der Waals surface area contributed by atoms with Crippen molar-refractivity contribution in [2.75, 3.05) is 13.1 Å². The van der Waals surface area contributed by atoms with Gasteiger partial charge in [0.2, 0.25) is 0 Å². The number of hydrogen-bond acceptors (Lipinski definition) is 1. The van der Waals surface area contributed by atoms with Crippen molar-refractivity contribution in [1.82, 2.24) is 4.90 Å². The summed E-state index contributed by atoms with van der Waals surface area (Å²) in [5.74, 6) is 0.883. The molecule has 0 amide bonds. The Balaban J connectivity index is 1.80. The Morgan fingerprint density at radius 3 is 2.19 bits per heavy atom. The van der Waals surface area contributed by atoms with Gasteiger partial charge in [-0.15, -0.1) is 0 Å². The number of hydrogen-bond donors (Lipinski definition) is 0. The lowest BCUT2D eigenvalue weighted by atomic mass is 9.62. The Morgan fingerprint density at radius 1 is 0.778 bits per heavy atom. The molecule has 1 aromatic heterocycles. The summed E-state index contributed by atoms with van der Waals surface area (Å²) in [6, 6.07) is 27.9.